The van der Waals surface area contributed by atoms with Crippen LogP contribution in [0.2, 0.25) is 0 Å². The molecule has 1 aliphatic heterocycles. The van der Waals surface area contributed by atoms with E-state index in [9.17, 15) is 28.0 Å². The maximum atomic E-state index is 13.5. The van der Waals surface area contributed by atoms with Crippen LogP contribution in [0.25, 0.3) is 11.2 Å². The first-order valence-corrected chi connectivity index (χ1v) is 14.2. The molecule has 3 aliphatic rings. The highest BCUT2D eigenvalue weighted by Gasteiger charge is 2.47. The molecule has 41 heavy (non-hydrogen) atoms. The predicted octanol–water partition coefficient (Wildman–Crippen LogP) is 2.36. The lowest BCUT2D eigenvalue weighted by Gasteiger charge is -2.50. The van der Waals surface area contributed by atoms with Crippen molar-refractivity contribution in [1.29, 1.82) is 0 Å². The van der Waals surface area contributed by atoms with Crippen LogP contribution in [0, 0.1) is 23.7 Å². The molecule has 0 bridgehead atoms. The fourth-order valence-electron chi connectivity index (χ4n) is 6.69. The average Bonchev–Trinajstić information content (AvgIpc) is 3.33. The fraction of sp³-hybridized carbons (Fsp3) is 0.679. The van der Waals surface area contributed by atoms with Gasteiger partial charge in [0.25, 0.3) is 5.56 Å². The van der Waals surface area contributed by atoms with Crippen LogP contribution < -0.4 is 11.2 Å². The summed E-state index contributed by atoms with van der Waals surface area (Å²) in [6.45, 7) is 3.67. The molecule has 13 heteroatoms. The predicted molar refractivity (Wildman–Crippen MR) is 147 cm³/mol. The number of nitrogens with zero attached hydrogens (tertiary/aromatic N) is 5. The molecular weight excluding hydrogens is 540 g/mol. The molecule has 1 saturated heterocycles. The zero-order valence-electron chi connectivity index (χ0n) is 23.5. The topological polar surface area (TPSA) is 140 Å². The Labute approximate surface area is 236 Å². The standard InChI is InChI=1S/C24H35F2N5O2.C4H4O4/c1-28-22-21(23(32)29(2)24(28)33)31(14-27-22)7-3-6-30-8-4-15(5-9-30)20(16-10-18(25)11-16)17-12-19(26)13-17;5-3(6)1-2-4(7)8/h14-20H,3-13H2,1-2H3;1-2H,(H,5,6)(H,7,8)/b;2-1+. The van der Waals surface area contributed by atoms with Gasteiger partial charge in [0.05, 0.1) is 6.33 Å². The molecule has 2 saturated carbocycles. The summed E-state index contributed by atoms with van der Waals surface area (Å²) in [4.78, 5) is 50.6. The van der Waals surface area contributed by atoms with Crippen LogP contribution >= 0.6 is 0 Å². The number of carboxylic acids is 2. The van der Waals surface area contributed by atoms with Gasteiger partial charge in [-0.05, 0) is 88.3 Å². The number of hydrogen-bond acceptors (Lipinski definition) is 6. The highest BCUT2D eigenvalue weighted by molar-refractivity contribution is 5.89. The van der Waals surface area contributed by atoms with Crippen molar-refractivity contribution in [2.24, 2.45) is 37.8 Å². The van der Waals surface area contributed by atoms with Crippen molar-refractivity contribution in [2.75, 3.05) is 19.6 Å². The number of alkyl halides is 2. The molecule has 0 spiro atoms. The van der Waals surface area contributed by atoms with Crippen LogP contribution in [0.1, 0.15) is 44.9 Å². The van der Waals surface area contributed by atoms with Gasteiger partial charge in [-0.1, -0.05) is 0 Å². The monoisotopic (exact) mass is 579 g/mol. The minimum Gasteiger partial charge on any atom is -0.478 e. The van der Waals surface area contributed by atoms with Gasteiger partial charge in [-0.25, -0.2) is 28.1 Å². The highest BCUT2D eigenvalue weighted by atomic mass is 19.1. The zero-order valence-corrected chi connectivity index (χ0v) is 23.5. The number of fused-ring (bicyclic) bond motifs is 1. The third-order valence-corrected chi connectivity index (χ3v) is 8.96. The zero-order chi connectivity index (χ0) is 29.8. The summed E-state index contributed by atoms with van der Waals surface area (Å²) in [5, 5.41) is 15.6. The first-order valence-electron chi connectivity index (χ1n) is 14.2. The van der Waals surface area contributed by atoms with Crippen molar-refractivity contribution in [3.63, 3.8) is 0 Å². The van der Waals surface area contributed by atoms with Crippen molar-refractivity contribution in [2.45, 2.75) is 63.8 Å². The summed E-state index contributed by atoms with van der Waals surface area (Å²) >= 11 is 0. The van der Waals surface area contributed by atoms with Gasteiger partial charge in [0.1, 0.15) is 12.3 Å². The van der Waals surface area contributed by atoms with Gasteiger partial charge < -0.3 is 19.7 Å². The fourth-order valence-corrected chi connectivity index (χ4v) is 6.69. The Morgan fingerprint density at radius 1 is 0.927 bits per heavy atom. The van der Waals surface area contributed by atoms with Gasteiger partial charge in [-0.15, -0.1) is 0 Å². The number of hydrogen-bond donors (Lipinski definition) is 2. The number of halogens is 2. The van der Waals surface area contributed by atoms with E-state index in [2.05, 4.69) is 9.88 Å². The lowest BCUT2D eigenvalue weighted by molar-refractivity contribution is -0.134. The maximum absolute atomic E-state index is 13.5. The average molecular weight is 580 g/mol. The van der Waals surface area contributed by atoms with E-state index in [4.69, 9.17) is 10.2 Å². The van der Waals surface area contributed by atoms with Gasteiger partial charge in [0.2, 0.25) is 0 Å². The molecule has 0 unspecified atom stereocenters. The molecule has 11 nitrogen and oxygen atoms in total. The molecule has 5 rings (SSSR count). The molecule has 3 heterocycles. The number of carboxylic acid groups (broad SMARTS) is 2. The summed E-state index contributed by atoms with van der Waals surface area (Å²) in [5.74, 6) is -0.492. The van der Waals surface area contributed by atoms with E-state index < -0.39 is 24.3 Å². The Morgan fingerprint density at radius 2 is 1.46 bits per heavy atom. The van der Waals surface area contributed by atoms with Crippen molar-refractivity contribution in [1.82, 2.24) is 23.6 Å². The van der Waals surface area contributed by atoms with Gasteiger partial charge in [-0.2, -0.15) is 0 Å². The molecule has 0 atom stereocenters. The number of imidazole rings is 1. The highest BCUT2D eigenvalue weighted by Crippen LogP contribution is 2.51. The summed E-state index contributed by atoms with van der Waals surface area (Å²) < 4.78 is 31.5. The van der Waals surface area contributed by atoms with Crippen molar-refractivity contribution >= 4 is 23.1 Å². The van der Waals surface area contributed by atoms with Gasteiger partial charge in [0.15, 0.2) is 11.2 Å². The van der Waals surface area contributed by atoms with Crippen molar-refractivity contribution in [3.05, 3.63) is 39.3 Å². The van der Waals surface area contributed by atoms with Crippen LogP contribution in [0.3, 0.4) is 0 Å². The molecule has 3 fully saturated rings. The molecule has 2 aliphatic carbocycles. The molecule has 0 amide bonds. The number of aromatic nitrogens is 4. The van der Waals surface area contributed by atoms with Gasteiger partial charge in [0, 0.05) is 32.8 Å². The number of likely N-dealkylation sites (tertiary alicyclic amines) is 1. The Kier molecular flexibility index (Phi) is 9.77. The third-order valence-electron chi connectivity index (χ3n) is 8.96. The van der Waals surface area contributed by atoms with E-state index in [0.29, 0.717) is 79.2 Å². The molecule has 2 N–H and O–H groups in total. The molecule has 0 aromatic carbocycles. The first kappa shape index (κ1) is 30.6. The molecule has 226 valence electrons. The van der Waals surface area contributed by atoms with E-state index in [1.54, 1.807) is 13.4 Å². The summed E-state index contributed by atoms with van der Waals surface area (Å²) in [5.41, 5.74) is 0.217. The van der Waals surface area contributed by atoms with Gasteiger partial charge >= 0.3 is 17.6 Å². The minimum atomic E-state index is -1.26. The van der Waals surface area contributed by atoms with Crippen LogP contribution in [-0.4, -0.2) is 77.7 Å². The van der Waals surface area contributed by atoms with Gasteiger partial charge in [-0.3, -0.25) is 13.9 Å². The third kappa shape index (κ3) is 7.11. The number of carbonyl (C=O) groups is 2. The quantitative estimate of drug-likeness (QED) is 0.432. The minimum absolute atomic E-state index is 0.310. The summed E-state index contributed by atoms with van der Waals surface area (Å²) in [7, 11) is 3.13. The van der Waals surface area contributed by atoms with E-state index >= 15 is 0 Å². The van der Waals surface area contributed by atoms with Crippen LogP contribution in [0.5, 0.6) is 0 Å². The van der Waals surface area contributed by atoms with E-state index in [-0.39, 0.29) is 11.2 Å². The van der Waals surface area contributed by atoms with E-state index in [1.807, 2.05) is 4.57 Å². The number of piperidine rings is 1. The SMILES string of the molecule is Cn1c(=O)c2c(ncn2CCCN2CCC(C(C3CC(F)C3)C3CC(F)C3)CC2)n(C)c1=O.O=C(O)/C=C/C(=O)O. The molecule has 2 aromatic heterocycles. The van der Waals surface area contributed by atoms with E-state index in [0.717, 1.165) is 43.5 Å². The second-order valence-electron chi connectivity index (χ2n) is 11.6. The Hall–Kier alpha value is -3.35. The van der Waals surface area contributed by atoms with Crippen LogP contribution in [0.15, 0.2) is 28.1 Å². The first-order chi connectivity index (χ1) is 19.5. The number of rotatable bonds is 9. The normalized spacial score (nSPS) is 25.8. The largest absolute Gasteiger partial charge is 0.478 e. The van der Waals surface area contributed by atoms with Crippen LogP contribution in [0.4, 0.5) is 8.78 Å². The molecular formula is C28H39F2N5O6. The summed E-state index contributed by atoms with van der Waals surface area (Å²) in [6, 6.07) is 0. The maximum Gasteiger partial charge on any atom is 0.332 e. The Morgan fingerprint density at radius 3 is 1.95 bits per heavy atom. The number of aryl methyl sites for hydroxylation is 2. The summed E-state index contributed by atoms with van der Waals surface area (Å²) in [6.07, 6.45) is 7.33. The second kappa shape index (κ2) is 13.1. The van der Waals surface area contributed by atoms with E-state index in [1.165, 1.54) is 11.6 Å². The van der Waals surface area contributed by atoms with Crippen molar-refractivity contribution < 1.29 is 28.6 Å². The lowest BCUT2D eigenvalue weighted by Crippen LogP contribution is -2.47. The van der Waals surface area contributed by atoms with Crippen molar-refractivity contribution in [3.8, 4) is 0 Å². The Balaban J connectivity index is 0.000000426. The second-order valence-corrected chi connectivity index (χ2v) is 11.6. The molecule has 2 aromatic rings. The smallest absolute Gasteiger partial charge is 0.332 e. The molecule has 0 radical (unpaired) electrons. The van der Waals surface area contributed by atoms with Crippen LogP contribution in [-0.2, 0) is 30.2 Å². The lowest BCUT2D eigenvalue weighted by atomic mass is 9.58. The number of aliphatic carboxylic acids is 2. The Bertz CT molecular complexity index is 1350.